The van der Waals surface area contributed by atoms with Crippen LogP contribution in [0.3, 0.4) is 0 Å². The van der Waals surface area contributed by atoms with Crippen LogP contribution in [0.5, 0.6) is 0 Å². The maximum atomic E-state index is 11.6. The summed E-state index contributed by atoms with van der Waals surface area (Å²) >= 11 is 22.3. The molecule has 0 rings (SSSR count). The van der Waals surface area contributed by atoms with E-state index in [1.165, 1.54) is 0 Å². The van der Waals surface area contributed by atoms with Gasteiger partial charge in [0.05, 0.1) is 11.6 Å². The standard InChI is InChI=1S/C12H18Cl4O2/c1-3-5-6-8(4-2)7-18-12(17)10(14)9(13)11(15)16/h8,10H,3-7H2,1-2H3. The lowest BCUT2D eigenvalue weighted by molar-refractivity contribution is -0.143. The minimum Gasteiger partial charge on any atom is -0.464 e. The van der Waals surface area contributed by atoms with Gasteiger partial charge in [-0.1, -0.05) is 67.9 Å². The molecule has 106 valence electrons. The van der Waals surface area contributed by atoms with Gasteiger partial charge in [0.1, 0.15) is 4.49 Å². The van der Waals surface area contributed by atoms with Gasteiger partial charge in [-0.15, -0.1) is 11.6 Å². The second-order valence-corrected chi connectivity index (χ2v) is 5.81. The zero-order chi connectivity index (χ0) is 14.1. The number of rotatable bonds is 8. The highest BCUT2D eigenvalue weighted by Crippen LogP contribution is 2.25. The molecule has 2 atom stereocenters. The van der Waals surface area contributed by atoms with Crippen molar-refractivity contribution in [2.45, 2.75) is 44.9 Å². The number of carbonyl (C=O) groups is 1. The van der Waals surface area contributed by atoms with Gasteiger partial charge in [0.15, 0.2) is 5.38 Å². The Morgan fingerprint density at radius 3 is 2.28 bits per heavy atom. The molecule has 0 spiro atoms. The summed E-state index contributed by atoms with van der Waals surface area (Å²) in [6.07, 6.45) is 4.24. The third-order valence-electron chi connectivity index (χ3n) is 2.61. The number of carbonyl (C=O) groups excluding carboxylic acids is 1. The predicted octanol–water partition coefficient (Wildman–Crippen LogP) is 5.24. The van der Waals surface area contributed by atoms with Crippen molar-refractivity contribution in [1.29, 1.82) is 0 Å². The number of ether oxygens (including phenoxy) is 1. The monoisotopic (exact) mass is 334 g/mol. The molecule has 0 aromatic heterocycles. The molecule has 0 aliphatic carbocycles. The van der Waals surface area contributed by atoms with E-state index in [0.29, 0.717) is 12.5 Å². The van der Waals surface area contributed by atoms with Gasteiger partial charge in [-0.2, -0.15) is 0 Å². The van der Waals surface area contributed by atoms with Gasteiger partial charge in [0, 0.05) is 0 Å². The maximum Gasteiger partial charge on any atom is 0.329 e. The Morgan fingerprint density at radius 2 is 1.83 bits per heavy atom. The van der Waals surface area contributed by atoms with Crippen LogP contribution in [0.4, 0.5) is 0 Å². The minimum atomic E-state index is -1.14. The van der Waals surface area contributed by atoms with Crippen LogP contribution < -0.4 is 0 Å². The van der Waals surface area contributed by atoms with Gasteiger partial charge in [0.25, 0.3) is 0 Å². The van der Waals surface area contributed by atoms with Crippen LogP contribution in [0.1, 0.15) is 39.5 Å². The number of unbranched alkanes of at least 4 members (excludes halogenated alkanes) is 1. The van der Waals surface area contributed by atoms with Crippen LogP contribution in [0, 0.1) is 5.92 Å². The first kappa shape index (κ1) is 18.4. The van der Waals surface area contributed by atoms with Crippen LogP contribution >= 0.6 is 46.4 Å². The summed E-state index contributed by atoms with van der Waals surface area (Å²) < 4.78 is 4.90. The number of alkyl halides is 1. The number of hydrogen-bond donors (Lipinski definition) is 0. The molecule has 18 heavy (non-hydrogen) atoms. The Bertz CT molecular complexity index is 288. The molecule has 0 heterocycles. The van der Waals surface area contributed by atoms with E-state index >= 15 is 0 Å². The van der Waals surface area contributed by atoms with E-state index in [4.69, 9.17) is 51.1 Å². The third kappa shape index (κ3) is 7.08. The molecule has 0 bridgehead atoms. The summed E-state index contributed by atoms with van der Waals surface area (Å²) in [5.41, 5.74) is 0. The maximum absolute atomic E-state index is 11.6. The zero-order valence-corrected chi connectivity index (χ0v) is 13.5. The normalized spacial score (nSPS) is 13.9. The van der Waals surface area contributed by atoms with Crippen LogP contribution in [0.15, 0.2) is 9.52 Å². The summed E-state index contributed by atoms with van der Waals surface area (Å²) in [5.74, 6) is -0.262. The fourth-order valence-electron chi connectivity index (χ4n) is 1.37. The first-order chi connectivity index (χ1) is 8.43. The highest BCUT2D eigenvalue weighted by molar-refractivity contribution is 6.61. The van der Waals surface area contributed by atoms with Crippen molar-refractivity contribution >= 4 is 52.4 Å². The summed E-state index contributed by atoms with van der Waals surface area (Å²) in [4.78, 5) is 11.6. The molecule has 0 amide bonds. The molecule has 0 aromatic rings. The van der Waals surface area contributed by atoms with E-state index in [1.54, 1.807) is 0 Å². The van der Waals surface area contributed by atoms with E-state index in [2.05, 4.69) is 13.8 Å². The molecule has 0 saturated carbocycles. The SMILES string of the molecule is CCCCC(CC)COC(=O)C(Cl)C(Cl)=C(Cl)Cl. The Morgan fingerprint density at radius 1 is 1.22 bits per heavy atom. The lowest BCUT2D eigenvalue weighted by atomic mass is 10.0. The molecule has 0 N–H and O–H groups in total. The van der Waals surface area contributed by atoms with Crippen LogP contribution in [-0.4, -0.2) is 18.0 Å². The molecule has 0 saturated heterocycles. The lowest BCUT2D eigenvalue weighted by Crippen LogP contribution is -2.22. The first-order valence-electron chi connectivity index (χ1n) is 5.95. The molecular formula is C12H18Cl4O2. The van der Waals surface area contributed by atoms with Crippen molar-refractivity contribution < 1.29 is 9.53 Å². The molecule has 0 aliphatic rings. The molecule has 2 nitrogen and oxygen atoms in total. The molecule has 0 fully saturated rings. The second-order valence-electron chi connectivity index (χ2n) is 4.02. The summed E-state index contributed by atoms with van der Waals surface area (Å²) in [7, 11) is 0. The fourth-order valence-corrected chi connectivity index (χ4v) is 1.96. The Balaban J connectivity index is 4.20. The van der Waals surface area contributed by atoms with Gasteiger partial charge in [-0.25, -0.2) is 0 Å². The molecule has 2 unspecified atom stereocenters. The van der Waals surface area contributed by atoms with Crippen molar-refractivity contribution in [3.8, 4) is 0 Å². The van der Waals surface area contributed by atoms with Crippen molar-refractivity contribution in [3.05, 3.63) is 9.52 Å². The van der Waals surface area contributed by atoms with E-state index in [0.717, 1.165) is 25.7 Å². The van der Waals surface area contributed by atoms with Crippen molar-refractivity contribution in [1.82, 2.24) is 0 Å². The summed E-state index contributed by atoms with van der Waals surface area (Å²) in [5, 5.41) is -1.24. The summed E-state index contributed by atoms with van der Waals surface area (Å²) in [6, 6.07) is 0. The molecular weight excluding hydrogens is 318 g/mol. The van der Waals surface area contributed by atoms with Gasteiger partial charge in [0.2, 0.25) is 0 Å². The third-order valence-corrected chi connectivity index (χ3v) is 4.13. The predicted molar refractivity (Wildman–Crippen MR) is 78.5 cm³/mol. The van der Waals surface area contributed by atoms with Crippen molar-refractivity contribution in [3.63, 3.8) is 0 Å². The second kappa shape index (κ2) is 10.2. The average Bonchev–Trinajstić information content (AvgIpc) is 2.36. The highest BCUT2D eigenvalue weighted by Gasteiger charge is 2.23. The Hall–Kier alpha value is 0.370. The van der Waals surface area contributed by atoms with E-state index in [9.17, 15) is 4.79 Å². The smallest absolute Gasteiger partial charge is 0.329 e. The van der Waals surface area contributed by atoms with Gasteiger partial charge >= 0.3 is 5.97 Å². The van der Waals surface area contributed by atoms with Gasteiger partial charge < -0.3 is 4.74 Å². The molecule has 6 heteroatoms. The van der Waals surface area contributed by atoms with E-state index in [-0.39, 0.29) is 9.52 Å². The molecule has 0 aliphatic heterocycles. The number of esters is 1. The average molecular weight is 336 g/mol. The molecule has 0 aromatic carbocycles. The lowest BCUT2D eigenvalue weighted by Gasteiger charge is -2.16. The van der Waals surface area contributed by atoms with Crippen molar-refractivity contribution in [2.24, 2.45) is 5.92 Å². The minimum absolute atomic E-state index is 0.105. The first-order valence-corrected chi connectivity index (χ1v) is 7.52. The van der Waals surface area contributed by atoms with E-state index in [1.807, 2.05) is 0 Å². The fraction of sp³-hybridized carbons (Fsp3) is 0.750. The highest BCUT2D eigenvalue weighted by atomic mass is 35.5. The zero-order valence-electron chi connectivity index (χ0n) is 10.5. The van der Waals surface area contributed by atoms with Gasteiger partial charge in [-0.05, 0) is 12.3 Å². The topological polar surface area (TPSA) is 26.3 Å². The summed E-state index contributed by atoms with van der Waals surface area (Å²) in [6.45, 7) is 4.54. The van der Waals surface area contributed by atoms with E-state index < -0.39 is 11.3 Å². The quantitative estimate of drug-likeness (QED) is 0.448. The van der Waals surface area contributed by atoms with Gasteiger partial charge in [-0.3, -0.25) is 4.79 Å². The number of halogens is 4. The Labute approximate surface area is 129 Å². The van der Waals surface area contributed by atoms with Crippen molar-refractivity contribution in [2.75, 3.05) is 6.61 Å². The number of hydrogen-bond acceptors (Lipinski definition) is 2. The Kier molecular flexibility index (Phi) is 10.4. The van der Waals surface area contributed by atoms with Crippen LogP contribution in [-0.2, 0) is 9.53 Å². The largest absolute Gasteiger partial charge is 0.464 e. The van der Waals surface area contributed by atoms with Crippen LogP contribution in [0.2, 0.25) is 0 Å². The van der Waals surface area contributed by atoms with Crippen LogP contribution in [0.25, 0.3) is 0 Å². The molecule has 0 radical (unpaired) electrons.